The molecule has 2 aliphatic heterocycles. The minimum Gasteiger partial charge on any atom is -0.484 e. The third-order valence-electron chi connectivity index (χ3n) is 5.36. The number of carbonyl (C=O) groups is 2. The second kappa shape index (κ2) is 8.76. The van der Waals surface area contributed by atoms with Crippen LogP contribution in [0.3, 0.4) is 0 Å². The number of aryl methyl sites for hydroxylation is 1. The fourth-order valence-corrected chi connectivity index (χ4v) is 3.81. The van der Waals surface area contributed by atoms with Crippen molar-refractivity contribution in [2.75, 3.05) is 32.8 Å². The van der Waals surface area contributed by atoms with Crippen molar-refractivity contribution in [1.29, 1.82) is 0 Å². The average Bonchev–Trinajstić information content (AvgIpc) is 2.69. The number of nitrogens with zero attached hydrogens (tertiary/aromatic N) is 2. The minimum absolute atomic E-state index is 0.0197. The minimum atomic E-state index is -0.0264. The van der Waals surface area contributed by atoms with E-state index in [4.69, 9.17) is 16.3 Å². The summed E-state index contributed by atoms with van der Waals surface area (Å²) in [5, 5.41) is 0.684. The van der Waals surface area contributed by atoms with Gasteiger partial charge in [0.15, 0.2) is 6.61 Å². The third-order valence-corrected chi connectivity index (χ3v) is 5.78. The number of likely N-dealkylation sites (tertiary alicyclic amines) is 2. The maximum absolute atomic E-state index is 12.6. The maximum Gasteiger partial charge on any atom is 0.260 e. The molecule has 2 aliphatic rings. The number of piperidine rings is 2. The van der Waals surface area contributed by atoms with Crippen LogP contribution >= 0.6 is 11.6 Å². The van der Waals surface area contributed by atoms with Crippen LogP contribution in [-0.2, 0) is 9.59 Å². The summed E-state index contributed by atoms with van der Waals surface area (Å²) in [4.78, 5) is 28.8. The molecular weight excluding hydrogens is 352 g/mol. The van der Waals surface area contributed by atoms with Crippen molar-refractivity contribution in [1.82, 2.24) is 9.80 Å². The Balaban J connectivity index is 1.44. The fraction of sp³-hybridized carbons (Fsp3) is 0.600. The van der Waals surface area contributed by atoms with Crippen LogP contribution in [0.15, 0.2) is 18.2 Å². The van der Waals surface area contributed by atoms with Crippen LogP contribution < -0.4 is 4.74 Å². The summed E-state index contributed by atoms with van der Waals surface area (Å²) in [7, 11) is 0. The Labute approximate surface area is 160 Å². The molecule has 0 N–H and O–H groups in total. The van der Waals surface area contributed by atoms with Gasteiger partial charge in [0.1, 0.15) is 5.75 Å². The molecule has 2 saturated heterocycles. The van der Waals surface area contributed by atoms with E-state index in [1.807, 2.05) is 22.8 Å². The first kappa shape index (κ1) is 19.0. The third kappa shape index (κ3) is 4.70. The maximum atomic E-state index is 12.6. The Morgan fingerprint density at radius 3 is 2.42 bits per heavy atom. The molecule has 2 fully saturated rings. The van der Waals surface area contributed by atoms with Crippen LogP contribution in [0.2, 0.25) is 5.02 Å². The molecular formula is C20H27ClN2O3. The van der Waals surface area contributed by atoms with Gasteiger partial charge in [-0.2, -0.15) is 0 Å². The van der Waals surface area contributed by atoms with E-state index < -0.39 is 0 Å². The quantitative estimate of drug-likeness (QED) is 0.807. The molecule has 0 aromatic heterocycles. The SMILES string of the molecule is Cc1cc(OCC(=O)N2CCC(C(=O)N3CCCCC3)CC2)ccc1Cl. The molecule has 6 heteroatoms. The van der Waals surface area contributed by atoms with Gasteiger partial charge in [-0.1, -0.05) is 11.6 Å². The van der Waals surface area contributed by atoms with E-state index in [-0.39, 0.29) is 24.3 Å². The molecule has 1 aromatic rings. The summed E-state index contributed by atoms with van der Waals surface area (Å²) in [6.07, 6.45) is 4.96. The molecule has 2 heterocycles. The zero-order valence-corrected chi connectivity index (χ0v) is 16.1. The van der Waals surface area contributed by atoms with Crippen molar-refractivity contribution >= 4 is 23.4 Å². The van der Waals surface area contributed by atoms with Gasteiger partial charge in [0.05, 0.1) is 0 Å². The summed E-state index contributed by atoms with van der Waals surface area (Å²) in [5.41, 5.74) is 0.925. The number of benzene rings is 1. The largest absolute Gasteiger partial charge is 0.484 e. The van der Waals surface area contributed by atoms with E-state index in [2.05, 4.69) is 0 Å². The van der Waals surface area contributed by atoms with E-state index in [9.17, 15) is 9.59 Å². The van der Waals surface area contributed by atoms with Crippen molar-refractivity contribution in [3.63, 3.8) is 0 Å². The monoisotopic (exact) mass is 378 g/mol. The summed E-state index contributed by atoms with van der Waals surface area (Å²) in [6, 6.07) is 5.37. The van der Waals surface area contributed by atoms with Crippen molar-refractivity contribution in [2.45, 2.75) is 39.0 Å². The highest BCUT2D eigenvalue weighted by Gasteiger charge is 2.30. The van der Waals surface area contributed by atoms with Crippen molar-refractivity contribution in [3.05, 3.63) is 28.8 Å². The summed E-state index contributed by atoms with van der Waals surface area (Å²) in [5.74, 6) is 0.971. The predicted octanol–water partition coefficient (Wildman–Crippen LogP) is 3.28. The van der Waals surface area contributed by atoms with E-state index >= 15 is 0 Å². The second-order valence-corrected chi connectivity index (χ2v) is 7.65. The van der Waals surface area contributed by atoms with Crippen LogP contribution in [0.5, 0.6) is 5.75 Å². The van der Waals surface area contributed by atoms with Gasteiger partial charge in [-0.05, 0) is 62.8 Å². The van der Waals surface area contributed by atoms with E-state index in [1.165, 1.54) is 6.42 Å². The van der Waals surface area contributed by atoms with E-state index in [0.717, 1.165) is 44.3 Å². The van der Waals surface area contributed by atoms with Crippen LogP contribution in [0.1, 0.15) is 37.7 Å². The smallest absolute Gasteiger partial charge is 0.260 e. The number of hydrogen-bond donors (Lipinski definition) is 0. The molecule has 26 heavy (non-hydrogen) atoms. The summed E-state index contributed by atoms with van der Waals surface area (Å²) >= 11 is 6.00. The van der Waals surface area contributed by atoms with Gasteiger partial charge in [0, 0.05) is 37.1 Å². The van der Waals surface area contributed by atoms with Gasteiger partial charge in [-0.15, -0.1) is 0 Å². The molecule has 3 rings (SSSR count). The first-order valence-corrected chi connectivity index (χ1v) is 9.88. The molecule has 2 amide bonds. The van der Waals surface area contributed by atoms with Gasteiger partial charge in [-0.25, -0.2) is 0 Å². The van der Waals surface area contributed by atoms with Gasteiger partial charge in [0.25, 0.3) is 5.91 Å². The lowest BCUT2D eigenvalue weighted by Crippen LogP contribution is -2.46. The molecule has 0 saturated carbocycles. The first-order valence-electron chi connectivity index (χ1n) is 9.50. The Hall–Kier alpha value is -1.75. The number of hydrogen-bond acceptors (Lipinski definition) is 3. The highest BCUT2D eigenvalue weighted by atomic mass is 35.5. The lowest BCUT2D eigenvalue weighted by atomic mass is 9.94. The van der Waals surface area contributed by atoms with Gasteiger partial charge in [0.2, 0.25) is 5.91 Å². The zero-order valence-electron chi connectivity index (χ0n) is 15.4. The first-order chi connectivity index (χ1) is 12.5. The lowest BCUT2D eigenvalue weighted by Gasteiger charge is -2.35. The van der Waals surface area contributed by atoms with Gasteiger partial charge >= 0.3 is 0 Å². The van der Waals surface area contributed by atoms with Crippen molar-refractivity contribution in [3.8, 4) is 5.75 Å². The predicted molar refractivity (Wildman–Crippen MR) is 101 cm³/mol. The fourth-order valence-electron chi connectivity index (χ4n) is 3.69. The summed E-state index contributed by atoms with van der Waals surface area (Å²) < 4.78 is 5.60. The molecule has 0 aliphatic carbocycles. The van der Waals surface area contributed by atoms with Gasteiger partial charge < -0.3 is 14.5 Å². The summed E-state index contributed by atoms with van der Waals surface area (Å²) in [6.45, 7) is 4.98. The Bertz CT molecular complexity index is 650. The number of halogens is 1. The van der Waals surface area contributed by atoms with E-state index in [0.29, 0.717) is 23.9 Å². The second-order valence-electron chi connectivity index (χ2n) is 7.24. The Kier molecular flexibility index (Phi) is 6.41. The average molecular weight is 379 g/mol. The molecule has 0 radical (unpaired) electrons. The number of carbonyl (C=O) groups excluding carboxylic acids is 2. The Morgan fingerprint density at radius 2 is 1.77 bits per heavy atom. The zero-order chi connectivity index (χ0) is 18.5. The molecule has 1 aromatic carbocycles. The molecule has 0 spiro atoms. The lowest BCUT2D eigenvalue weighted by molar-refractivity contribution is -0.142. The molecule has 0 bridgehead atoms. The normalized spacial score (nSPS) is 18.7. The van der Waals surface area contributed by atoms with Crippen molar-refractivity contribution < 1.29 is 14.3 Å². The van der Waals surface area contributed by atoms with Crippen LogP contribution in [-0.4, -0.2) is 54.4 Å². The number of rotatable bonds is 4. The molecule has 0 atom stereocenters. The Morgan fingerprint density at radius 1 is 1.08 bits per heavy atom. The van der Waals surface area contributed by atoms with Gasteiger partial charge in [-0.3, -0.25) is 9.59 Å². The highest BCUT2D eigenvalue weighted by molar-refractivity contribution is 6.31. The highest BCUT2D eigenvalue weighted by Crippen LogP contribution is 2.23. The number of ether oxygens (including phenoxy) is 1. The molecule has 142 valence electrons. The van der Waals surface area contributed by atoms with Crippen LogP contribution in [0.25, 0.3) is 0 Å². The number of amides is 2. The standard InChI is InChI=1S/C20H27ClN2O3/c1-15-13-17(5-6-18(15)21)26-14-19(24)22-11-7-16(8-12-22)20(25)23-9-3-2-4-10-23/h5-6,13,16H,2-4,7-12,14H2,1H3. The topological polar surface area (TPSA) is 49.9 Å². The van der Waals surface area contributed by atoms with E-state index in [1.54, 1.807) is 12.1 Å². The van der Waals surface area contributed by atoms with Crippen LogP contribution in [0.4, 0.5) is 0 Å². The molecule has 0 unspecified atom stereocenters. The molecule has 5 nitrogen and oxygen atoms in total. The van der Waals surface area contributed by atoms with Crippen molar-refractivity contribution in [2.24, 2.45) is 5.92 Å². The van der Waals surface area contributed by atoms with Crippen LogP contribution in [0, 0.1) is 12.8 Å².